The van der Waals surface area contributed by atoms with Crippen LogP contribution in [0.1, 0.15) is 41.0 Å². The van der Waals surface area contributed by atoms with Crippen molar-refractivity contribution in [2.75, 3.05) is 0 Å². The predicted octanol–water partition coefficient (Wildman–Crippen LogP) is 4.39. The minimum absolute atomic E-state index is 0.942. The van der Waals surface area contributed by atoms with Crippen molar-refractivity contribution in [3.8, 4) is 11.5 Å². The van der Waals surface area contributed by atoms with Crippen LogP contribution in [0.3, 0.4) is 0 Å². The molecule has 0 heterocycles. The molecular formula is C13H24Si. The van der Waals surface area contributed by atoms with E-state index in [2.05, 4.69) is 52.2 Å². The largest absolute Gasteiger partial charge is 0.137 e. The quantitative estimate of drug-likeness (QED) is 0.365. The van der Waals surface area contributed by atoms with Crippen LogP contribution in [0.2, 0.25) is 18.1 Å². The highest BCUT2D eigenvalue weighted by Gasteiger charge is 2.23. The summed E-state index contributed by atoms with van der Waals surface area (Å²) in [6.45, 7) is 11.2. The SMILES string of the molecule is CC[Si](C#CCC=C(C)C)(CC)CC. The molecule has 0 fully saturated rings. The summed E-state index contributed by atoms with van der Waals surface area (Å²) >= 11 is 0. The number of hydrogen-bond acceptors (Lipinski definition) is 0. The van der Waals surface area contributed by atoms with Gasteiger partial charge in [0.2, 0.25) is 0 Å². The lowest BCUT2D eigenvalue weighted by Gasteiger charge is -2.19. The van der Waals surface area contributed by atoms with Gasteiger partial charge in [-0.15, -0.1) is 11.5 Å². The van der Waals surface area contributed by atoms with Gasteiger partial charge in [0.05, 0.1) is 0 Å². The minimum Gasteiger partial charge on any atom is -0.131 e. The van der Waals surface area contributed by atoms with E-state index in [-0.39, 0.29) is 0 Å². The molecule has 0 aromatic carbocycles. The van der Waals surface area contributed by atoms with Crippen LogP contribution in [0.4, 0.5) is 0 Å². The van der Waals surface area contributed by atoms with Gasteiger partial charge in [-0.25, -0.2) is 0 Å². The molecule has 0 aromatic rings. The topological polar surface area (TPSA) is 0 Å². The van der Waals surface area contributed by atoms with Gasteiger partial charge < -0.3 is 0 Å². The Morgan fingerprint density at radius 1 is 1.07 bits per heavy atom. The van der Waals surface area contributed by atoms with E-state index >= 15 is 0 Å². The Labute approximate surface area is 90.8 Å². The number of hydrogen-bond donors (Lipinski definition) is 0. The second-order valence-corrected chi connectivity index (χ2v) is 9.06. The summed E-state index contributed by atoms with van der Waals surface area (Å²) in [4.78, 5) is 0. The lowest BCUT2D eigenvalue weighted by Crippen LogP contribution is -2.29. The lowest BCUT2D eigenvalue weighted by molar-refractivity contribution is 1.20. The van der Waals surface area contributed by atoms with Crippen molar-refractivity contribution in [1.29, 1.82) is 0 Å². The van der Waals surface area contributed by atoms with Crippen LogP contribution in [0.25, 0.3) is 0 Å². The van der Waals surface area contributed by atoms with E-state index in [0.717, 1.165) is 6.42 Å². The second-order valence-electron chi connectivity index (χ2n) is 4.13. The maximum Gasteiger partial charge on any atom is 0.137 e. The molecule has 1 heteroatoms. The zero-order chi connectivity index (χ0) is 11.0. The molecule has 0 radical (unpaired) electrons. The van der Waals surface area contributed by atoms with Crippen molar-refractivity contribution in [2.45, 2.75) is 59.2 Å². The van der Waals surface area contributed by atoms with Gasteiger partial charge >= 0.3 is 0 Å². The average molecular weight is 208 g/mol. The summed E-state index contributed by atoms with van der Waals surface area (Å²) in [6, 6.07) is 3.92. The van der Waals surface area contributed by atoms with E-state index in [4.69, 9.17) is 0 Å². The Bertz CT molecular complexity index is 223. The normalized spacial score (nSPS) is 10.4. The van der Waals surface area contributed by atoms with Crippen LogP contribution in [0.5, 0.6) is 0 Å². The zero-order valence-corrected chi connectivity index (χ0v) is 11.4. The Morgan fingerprint density at radius 2 is 1.57 bits per heavy atom. The van der Waals surface area contributed by atoms with Gasteiger partial charge in [0.25, 0.3) is 0 Å². The predicted molar refractivity (Wildman–Crippen MR) is 69.0 cm³/mol. The molecule has 0 bridgehead atoms. The highest BCUT2D eigenvalue weighted by atomic mass is 28.3. The molecule has 0 unspecified atom stereocenters. The summed E-state index contributed by atoms with van der Waals surface area (Å²) in [6.07, 6.45) is 3.16. The van der Waals surface area contributed by atoms with Crippen molar-refractivity contribution >= 4 is 8.07 Å². The summed E-state index contributed by atoms with van der Waals surface area (Å²) in [5.41, 5.74) is 4.95. The van der Waals surface area contributed by atoms with Gasteiger partial charge in [0.1, 0.15) is 8.07 Å². The summed E-state index contributed by atoms with van der Waals surface area (Å²) in [5, 5.41) is 0. The van der Waals surface area contributed by atoms with Crippen LogP contribution < -0.4 is 0 Å². The maximum atomic E-state index is 3.58. The van der Waals surface area contributed by atoms with Gasteiger partial charge in [-0.3, -0.25) is 0 Å². The second kappa shape index (κ2) is 6.90. The molecule has 0 saturated carbocycles. The monoisotopic (exact) mass is 208 g/mol. The first kappa shape index (κ1) is 13.5. The highest BCUT2D eigenvalue weighted by Crippen LogP contribution is 2.18. The Morgan fingerprint density at radius 3 is 1.93 bits per heavy atom. The van der Waals surface area contributed by atoms with E-state index in [1.54, 1.807) is 0 Å². The first-order valence-corrected chi connectivity index (χ1v) is 8.35. The fourth-order valence-electron chi connectivity index (χ4n) is 1.51. The van der Waals surface area contributed by atoms with Crippen LogP contribution >= 0.6 is 0 Å². The molecule has 0 saturated heterocycles. The van der Waals surface area contributed by atoms with Crippen molar-refractivity contribution in [2.24, 2.45) is 0 Å². The lowest BCUT2D eigenvalue weighted by atomic mass is 10.3. The van der Waals surface area contributed by atoms with E-state index in [9.17, 15) is 0 Å². The molecule has 0 amide bonds. The molecule has 0 aliphatic carbocycles. The van der Waals surface area contributed by atoms with Crippen molar-refractivity contribution in [3.05, 3.63) is 11.6 Å². The third-order valence-electron chi connectivity index (χ3n) is 3.00. The fraction of sp³-hybridized carbons (Fsp3) is 0.692. The van der Waals surface area contributed by atoms with Crippen LogP contribution in [-0.4, -0.2) is 8.07 Å². The smallest absolute Gasteiger partial charge is 0.131 e. The van der Waals surface area contributed by atoms with Crippen molar-refractivity contribution in [3.63, 3.8) is 0 Å². The van der Waals surface area contributed by atoms with Gasteiger partial charge in [0.15, 0.2) is 0 Å². The van der Waals surface area contributed by atoms with Crippen LogP contribution in [-0.2, 0) is 0 Å². The van der Waals surface area contributed by atoms with Gasteiger partial charge in [-0.2, -0.15) is 0 Å². The van der Waals surface area contributed by atoms with Crippen molar-refractivity contribution in [1.82, 2.24) is 0 Å². The molecule has 0 aliphatic rings. The van der Waals surface area contributed by atoms with Gasteiger partial charge in [-0.1, -0.05) is 32.4 Å². The molecule has 0 aromatic heterocycles. The molecule has 14 heavy (non-hydrogen) atoms. The zero-order valence-electron chi connectivity index (χ0n) is 10.4. The average Bonchev–Trinajstić information content (AvgIpc) is 2.19. The van der Waals surface area contributed by atoms with E-state index in [1.165, 1.54) is 23.7 Å². The number of rotatable bonds is 4. The molecule has 0 N–H and O–H groups in total. The third kappa shape index (κ3) is 4.67. The van der Waals surface area contributed by atoms with E-state index < -0.39 is 8.07 Å². The van der Waals surface area contributed by atoms with Crippen LogP contribution in [0.15, 0.2) is 11.6 Å². The first-order valence-electron chi connectivity index (χ1n) is 5.73. The van der Waals surface area contributed by atoms with Crippen molar-refractivity contribution < 1.29 is 0 Å². The molecule has 0 atom stereocenters. The van der Waals surface area contributed by atoms with E-state index in [0.29, 0.717) is 0 Å². The maximum absolute atomic E-state index is 3.58. The van der Waals surface area contributed by atoms with Gasteiger partial charge in [-0.05, 0) is 32.0 Å². The Kier molecular flexibility index (Phi) is 6.66. The standard InChI is InChI=1S/C13H24Si/c1-6-14(7-2,8-3)12-10-9-11-13(4)5/h11H,6-9H2,1-5H3. The highest BCUT2D eigenvalue weighted by molar-refractivity contribution is 6.87. The van der Waals surface area contributed by atoms with E-state index in [1.807, 2.05) is 0 Å². The molecule has 0 rings (SSSR count). The number of allylic oxidation sites excluding steroid dienone is 2. The molecular weight excluding hydrogens is 184 g/mol. The van der Waals surface area contributed by atoms with Crippen LogP contribution in [0, 0.1) is 11.5 Å². The molecule has 0 spiro atoms. The molecule has 0 aliphatic heterocycles. The summed E-state index contributed by atoms with van der Waals surface area (Å²) < 4.78 is 0. The molecule has 80 valence electrons. The fourth-order valence-corrected chi connectivity index (χ4v) is 4.02. The molecule has 0 nitrogen and oxygen atoms in total. The first-order chi connectivity index (χ1) is 6.60. The van der Waals surface area contributed by atoms with Gasteiger partial charge in [0, 0.05) is 6.42 Å². The third-order valence-corrected chi connectivity index (χ3v) is 7.76. The minimum atomic E-state index is -1.18. The Balaban J connectivity index is 4.35. The summed E-state index contributed by atoms with van der Waals surface area (Å²) in [5.74, 6) is 3.35. The summed E-state index contributed by atoms with van der Waals surface area (Å²) in [7, 11) is -1.18. The Hall–Kier alpha value is -0.483.